The quantitative estimate of drug-likeness (QED) is 0.394. The number of hydrogen-bond donors (Lipinski definition) is 1. The number of terminal acetylenes is 1. The molecule has 0 rings (SSSR count). The number of rotatable bonds is 8. The number of hydrogen-bond acceptors (Lipinski definition) is 1. The van der Waals surface area contributed by atoms with Crippen molar-refractivity contribution in [2.24, 2.45) is 11.3 Å². The third-order valence-corrected chi connectivity index (χ3v) is 2.92. The lowest BCUT2D eigenvalue weighted by Gasteiger charge is -2.15. The second-order valence-corrected chi connectivity index (χ2v) is 5.21. The van der Waals surface area contributed by atoms with Gasteiger partial charge in [0, 0.05) is 5.41 Å². The highest BCUT2D eigenvalue weighted by Gasteiger charge is 2.11. The minimum Gasteiger partial charge on any atom is -0.481 e. The fourth-order valence-electron chi connectivity index (χ4n) is 1.42. The van der Waals surface area contributed by atoms with Gasteiger partial charge in [-0.25, -0.2) is 0 Å². The summed E-state index contributed by atoms with van der Waals surface area (Å²) in [5.41, 5.74) is -0.0256. The van der Waals surface area contributed by atoms with Crippen molar-refractivity contribution in [1.29, 1.82) is 0 Å². The van der Waals surface area contributed by atoms with Gasteiger partial charge in [-0.05, 0) is 46.0 Å². The molecule has 0 aromatic rings. The highest BCUT2D eigenvalue weighted by Crippen LogP contribution is 2.20. The largest absolute Gasteiger partial charge is 0.481 e. The zero-order valence-electron chi connectivity index (χ0n) is 11.2. The summed E-state index contributed by atoms with van der Waals surface area (Å²) in [6.07, 6.45) is 14.3. The van der Waals surface area contributed by atoms with Crippen LogP contribution in [0.4, 0.5) is 0 Å². The lowest BCUT2D eigenvalue weighted by atomic mass is 9.89. The molecule has 0 saturated carbocycles. The van der Waals surface area contributed by atoms with Crippen molar-refractivity contribution < 1.29 is 9.90 Å². The minimum atomic E-state index is -0.704. The topological polar surface area (TPSA) is 37.3 Å². The van der Waals surface area contributed by atoms with Crippen molar-refractivity contribution in [2.75, 3.05) is 0 Å². The van der Waals surface area contributed by atoms with E-state index in [9.17, 15) is 4.79 Å². The Labute approximate surface area is 105 Å². The van der Waals surface area contributed by atoms with E-state index >= 15 is 0 Å². The third-order valence-electron chi connectivity index (χ3n) is 2.92. The lowest BCUT2D eigenvalue weighted by Crippen LogP contribution is -2.08. The van der Waals surface area contributed by atoms with Crippen LogP contribution in [0.3, 0.4) is 0 Å². The van der Waals surface area contributed by atoms with Crippen LogP contribution in [0.25, 0.3) is 0 Å². The van der Waals surface area contributed by atoms with Crippen LogP contribution in [0.5, 0.6) is 0 Å². The molecular formula is C15H24O2. The molecular weight excluding hydrogens is 212 g/mol. The molecule has 0 bridgehead atoms. The van der Waals surface area contributed by atoms with Crippen LogP contribution >= 0.6 is 0 Å². The van der Waals surface area contributed by atoms with E-state index in [1.165, 1.54) is 0 Å². The molecule has 1 atom stereocenters. The predicted molar refractivity (Wildman–Crippen MR) is 71.6 cm³/mol. The normalized spacial score (nSPS) is 13.5. The zero-order valence-corrected chi connectivity index (χ0v) is 11.2. The van der Waals surface area contributed by atoms with Crippen LogP contribution in [0.1, 0.15) is 52.9 Å². The molecule has 0 heterocycles. The van der Waals surface area contributed by atoms with Gasteiger partial charge in [0.25, 0.3) is 0 Å². The third kappa shape index (κ3) is 8.56. The van der Waals surface area contributed by atoms with Gasteiger partial charge < -0.3 is 5.11 Å². The van der Waals surface area contributed by atoms with E-state index in [2.05, 4.69) is 31.9 Å². The van der Waals surface area contributed by atoms with Gasteiger partial charge in [0.15, 0.2) is 0 Å². The summed E-state index contributed by atoms with van der Waals surface area (Å²) in [7, 11) is 0. The van der Waals surface area contributed by atoms with Crippen molar-refractivity contribution in [3.63, 3.8) is 0 Å². The van der Waals surface area contributed by atoms with Crippen LogP contribution in [0, 0.1) is 23.7 Å². The Bertz CT molecular complexity index is 295. The molecule has 2 heteroatoms. The Hall–Kier alpha value is -1.23. The van der Waals surface area contributed by atoms with Gasteiger partial charge in [0.2, 0.25) is 0 Å². The maximum atomic E-state index is 10.6. The van der Waals surface area contributed by atoms with Gasteiger partial charge >= 0.3 is 5.97 Å². The fourth-order valence-corrected chi connectivity index (χ4v) is 1.42. The molecule has 0 spiro atoms. The minimum absolute atomic E-state index is 0.0256. The summed E-state index contributed by atoms with van der Waals surface area (Å²) in [4.78, 5) is 10.6. The number of unbranched alkanes of at least 4 members (excludes halogenated alkanes) is 1. The molecule has 96 valence electrons. The Balaban J connectivity index is 3.57. The molecule has 0 aliphatic rings. The first-order chi connectivity index (χ1) is 7.89. The Morgan fingerprint density at radius 3 is 2.53 bits per heavy atom. The number of carboxylic acid groups (broad SMARTS) is 1. The summed E-state index contributed by atoms with van der Waals surface area (Å²) in [5, 5.41) is 8.70. The summed E-state index contributed by atoms with van der Waals surface area (Å²) in [6, 6.07) is 0. The predicted octanol–water partition coefficient (Wildman–Crippen LogP) is 3.87. The first kappa shape index (κ1) is 15.8. The first-order valence-corrected chi connectivity index (χ1v) is 6.24. The summed E-state index contributed by atoms with van der Waals surface area (Å²) in [5.74, 6) is 1.84. The second kappa shape index (κ2) is 7.95. The SMILES string of the molecule is C#CC(C)(C)CC/C=C/CCCC(C)C(=O)O. The fraction of sp³-hybridized carbons (Fsp3) is 0.667. The van der Waals surface area contributed by atoms with Gasteiger partial charge in [-0.3, -0.25) is 4.79 Å². The van der Waals surface area contributed by atoms with Crippen molar-refractivity contribution in [3.8, 4) is 12.3 Å². The molecule has 17 heavy (non-hydrogen) atoms. The molecule has 0 aromatic carbocycles. The molecule has 1 N–H and O–H groups in total. The van der Waals surface area contributed by atoms with Crippen LogP contribution in [0.2, 0.25) is 0 Å². The van der Waals surface area contributed by atoms with E-state index in [1.807, 2.05) is 0 Å². The summed E-state index contributed by atoms with van der Waals surface area (Å²) < 4.78 is 0. The summed E-state index contributed by atoms with van der Waals surface area (Å²) >= 11 is 0. The lowest BCUT2D eigenvalue weighted by molar-refractivity contribution is -0.141. The maximum Gasteiger partial charge on any atom is 0.306 e. The van der Waals surface area contributed by atoms with Crippen molar-refractivity contribution >= 4 is 5.97 Å². The van der Waals surface area contributed by atoms with Crippen LogP contribution < -0.4 is 0 Å². The Morgan fingerprint density at radius 1 is 1.41 bits per heavy atom. The van der Waals surface area contributed by atoms with Crippen LogP contribution in [0.15, 0.2) is 12.2 Å². The zero-order chi connectivity index (χ0) is 13.3. The number of carbonyl (C=O) groups is 1. The van der Waals surface area contributed by atoms with E-state index in [0.29, 0.717) is 0 Å². The van der Waals surface area contributed by atoms with Gasteiger partial charge in [-0.15, -0.1) is 12.3 Å². The number of allylic oxidation sites excluding steroid dienone is 2. The van der Waals surface area contributed by atoms with E-state index in [0.717, 1.165) is 32.1 Å². The average Bonchev–Trinajstić information content (AvgIpc) is 2.27. The monoisotopic (exact) mass is 236 g/mol. The molecule has 0 aromatic heterocycles. The van der Waals surface area contributed by atoms with Gasteiger partial charge in [-0.2, -0.15) is 0 Å². The summed E-state index contributed by atoms with van der Waals surface area (Å²) in [6.45, 7) is 5.88. The Morgan fingerprint density at radius 2 is 2.00 bits per heavy atom. The van der Waals surface area contributed by atoms with Crippen molar-refractivity contribution in [1.82, 2.24) is 0 Å². The number of aliphatic carboxylic acids is 1. The maximum absolute atomic E-state index is 10.6. The van der Waals surface area contributed by atoms with Crippen molar-refractivity contribution in [3.05, 3.63) is 12.2 Å². The molecule has 0 saturated heterocycles. The molecule has 0 aliphatic carbocycles. The highest BCUT2D eigenvalue weighted by atomic mass is 16.4. The standard InChI is InChI=1S/C15H24O2/c1-5-15(3,4)12-10-8-6-7-9-11-13(2)14(16)17/h1,6,8,13H,7,9-12H2,2-4H3,(H,16,17)/b8-6+. The van der Waals surface area contributed by atoms with E-state index in [1.54, 1.807) is 6.92 Å². The Kier molecular flexibility index (Phi) is 7.37. The smallest absolute Gasteiger partial charge is 0.306 e. The van der Waals surface area contributed by atoms with Gasteiger partial charge in [-0.1, -0.05) is 19.1 Å². The van der Waals surface area contributed by atoms with E-state index in [-0.39, 0.29) is 11.3 Å². The van der Waals surface area contributed by atoms with Crippen molar-refractivity contribution in [2.45, 2.75) is 52.9 Å². The molecule has 0 amide bonds. The first-order valence-electron chi connectivity index (χ1n) is 6.24. The molecule has 0 radical (unpaired) electrons. The van der Waals surface area contributed by atoms with Crippen LogP contribution in [-0.2, 0) is 4.79 Å². The van der Waals surface area contributed by atoms with E-state index in [4.69, 9.17) is 11.5 Å². The number of carboxylic acids is 1. The van der Waals surface area contributed by atoms with E-state index < -0.39 is 5.97 Å². The average molecular weight is 236 g/mol. The van der Waals surface area contributed by atoms with Gasteiger partial charge in [0.05, 0.1) is 5.92 Å². The molecule has 1 unspecified atom stereocenters. The second-order valence-electron chi connectivity index (χ2n) is 5.21. The highest BCUT2D eigenvalue weighted by molar-refractivity contribution is 5.69. The van der Waals surface area contributed by atoms with Crippen LogP contribution in [-0.4, -0.2) is 11.1 Å². The molecule has 2 nitrogen and oxygen atoms in total. The molecule has 0 fully saturated rings. The molecule has 0 aliphatic heterocycles. The van der Waals surface area contributed by atoms with Gasteiger partial charge in [0.1, 0.15) is 0 Å².